The SMILES string of the molecule is O=C(CN1CCCCCCC1=O)Nc1cccc(-c2cnco2)c1. The third-order valence-corrected chi connectivity index (χ3v) is 4.12. The van der Waals surface area contributed by atoms with E-state index in [2.05, 4.69) is 10.3 Å². The van der Waals surface area contributed by atoms with E-state index in [0.29, 0.717) is 24.4 Å². The molecule has 2 amide bonds. The largest absolute Gasteiger partial charge is 0.444 e. The Hall–Kier alpha value is -2.63. The number of hydrogen-bond donors (Lipinski definition) is 1. The van der Waals surface area contributed by atoms with E-state index in [1.165, 1.54) is 6.39 Å². The quantitative estimate of drug-likeness (QED) is 0.936. The van der Waals surface area contributed by atoms with Crippen LogP contribution in [-0.4, -0.2) is 34.8 Å². The van der Waals surface area contributed by atoms with E-state index >= 15 is 0 Å². The summed E-state index contributed by atoms with van der Waals surface area (Å²) in [5.41, 5.74) is 1.51. The van der Waals surface area contributed by atoms with E-state index in [4.69, 9.17) is 4.42 Å². The fourth-order valence-corrected chi connectivity index (χ4v) is 2.86. The Morgan fingerprint density at radius 1 is 1.25 bits per heavy atom. The second-order valence-corrected chi connectivity index (χ2v) is 5.97. The van der Waals surface area contributed by atoms with E-state index in [0.717, 1.165) is 31.2 Å². The summed E-state index contributed by atoms with van der Waals surface area (Å²) in [6.45, 7) is 0.760. The number of carbonyl (C=O) groups is 2. The molecule has 6 nitrogen and oxygen atoms in total. The van der Waals surface area contributed by atoms with Gasteiger partial charge in [-0.3, -0.25) is 9.59 Å². The first-order chi connectivity index (χ1) is 11.7. The Kier molecular flexibility index (Phi) is 5.25. The molecule has 1 aromatic heterocycles. The second kappa shape index (κ2) is 7.77. The molecule has 0 atom stereocenters. The molecular formula is C18H21N3O3. The summed E-state index contributed by atoms with van der Waals surface area (Å²) in [5.74, 6) is 0.531. The minimum absolute atomic E-state index is 0.0697. The van der Waals surface area contributed by atoms with Gasteiger partial charge in [-0.05, 0) is 25.0 Å². The molecule has 2 heterocycles. The fraction of sp³-hybridized carbons (Fsp3) is 0.389. The first-order valence-electron chi connectivity index (χ1n) is 8.29. The summed E-state index contributed by atoms with van der Waals surface area (Å²) >= 11 is 0. The number of aromatic nitrogens is 1. The molecule has 2 aromatic rings. The molecule has 126 valence electrons. The summed E-state index contributed by atoms with van der Waals surface area (Å²) < 4.78 is 5.26. The molecule has 0 radical (unpaired) electrons. The van der Waals surface area contributed by atoms with Crippen molar-refractivity contribution in [3.63, 3.8) is 0 Å². The van der Waals surface area contributed by atoms with Crippen LogP contribution in [0.3, 0.4) is 0 Å². The van der Waals surface area contributed by atoms with Crippen LogP contribution in [0.25, 0.3) is 11.3 Å². The highest BCUT2D eigenvalue weighted by Gasteiger charge is 2.18. The van der Waals surface area contributed by atoms with Crippen LogP contribution in [0, 0.1) is 0 Å². The molecule has 0 saturated carbocycles. The third-order valence-electron chi connectivity index (χ3n) is 4.12. The van der Waals surface area contributed by atoms with E-state index < -0.39 is 0 Å². The van der Waals surface area contributed by atoms with Crippen LogP contribution in [0.15, 0.2) is 41.3 Å². The lowest BCUT2D eigenvalue weighted by Crippen LogP contribution is -2.39. The van der Waals surface area contributed by atoms with Gasteiger partial charge in [0, 0.05) is 24.2 Å². The minimum Gasteiger partial charge on any atom is -0.444 e. The van der Waals surface area contributed by atoms with Gasteiger partial charge in [-0.15, -0.1) is 0 Å². The third kappa shape index (κ3) is 4.22. The number of hydrogen-bond acceptors (Lipinski definition) is 4. The maximum absolute atomic E-state index is 12.3. The van der Waals surface area contributed by atoms with Crippen LogP contribution < -0.4 is 5.32 Å². The molecule has 1 N–H and O–H groups in total. The van der Waals surface area contributed by atoms with Gasteiger partial charge in [0.15, 0.2) is 12.2 Å². The average molecular weight is 327 g/mol. The van der Waals surface area contributed by atoms with Crippen LogP contribution >= 0.6 is 0 Å². The lowest BCUT2D eigenvalue weighted by atomic mass is 10.1. The number of amides is 2. The summed E-state index contributed by atoms with van der Waals surface area (Å²) in [7, 11) is 0. The Morgan fingerprint density at radius 2 is 2.12 bits per heavy atom. The Balaban J connectivity index is 1.62. The van der Waals surface area contributed by atoms with Crippen LogP contribution in [0.2, 0.25) is 0 Å². The number of rotatable bonds is 4. The average Bonchev–Trinajstić information content (AvgIpc) is 3.09. The monoisotopic (exact) mass is 327 g/mol. The van der Waals surface area contributed by atoms with E-state index in [-0.39, 0.29) is 18.4 Å². The summed E-state index contributed by atoms with van der Waals surface area (Å²) in [5, 5.41) is 2.85. The molecule has 1 aliphatic heterocycles. The molecule has 1 saturated heterocycles. The van der Waals surface area contributed by atoms with Crippen molar-refractivity contribution in [2.45, 2.75) is 32.1 Å². The maximum Gasteiger partial charge on any atom is 0.243 e. The van der Waals surface area contributed by atoms with Gasteiger partial charge in [0.25, 0.3) is 0 Å². The molecule has 24 heavy (non-hydrogen) atoms. The van der Waals surface area contributed by atoms with E-state index in [1.54, 1.807) is 11.1 Å². The van der Waals surface area contributed by atoms with Crippen LogP contribution in [0.5, 0.6) is 0 Å². The minimum atomic E-state index is -0.182. The fourth-order valence-electron chi connectivity index (χ4n) is 2.86. The highest BCUT2D eigenvalue weighted by Crippen LogP contribution is 2.22. The van der Waals surface area contributed by atoms with Gasteiger partial charge in [-0.1, -0.05) is 25.0 Å². The Bertz CT molecular complexity index is 697. The molecule has 0 spiro atoms. The molecular weight excluding hydrogens is 306 g/mol. The number of oxazole rings is 1. The molecule has 6 heteroatoms. The van der Waals surface area contributed by atoms with Crippen LogP contribution in [-0.2, 0) is 9.59 Å². The number of benzene rings is 1. The van der Waals surface area contributed by atoms with Crippen LogP contribution in [0.4, 0.5) is 5.69 Å². The van der Waals surface area contributed by atoms with Gasteiger partial charge in [-0.25, -0.2) is 4.98 Å². The molecule has 0 aliphatic carbocycles. The molecule has 3 rings (SSSR count). The Morgan fingerprint density at radius 3 is 2.96 bits per heavy atom. The van der Waals surface area contributed by atoms with Gasteiger partial charge in [0.2, 0.25) is 11.8 Å². The lowest BCUT2D eigenvalue weighted by molar-refractivity contribution is -0.135. The van der Waals surface area contributed by atoms with Gasteiger partial charge < -0.3 is 14.6 Å². The standard InChI is InChI=1S/C18H21N3O3/c22-17(12-21-9-4-2-1-3-8-18(21)23)20-15-7-5-6-14(10-15)16-11-19-13-24-16/h5-7,10-11,13H,1-4,8-9,12H2,(H,20,22). The van der Waals surface area contributed by atoms with Crippen molar-refractivity contribution >= 4 is 17.5 Å². The molecule has 1 aliphatic rings. The predicted octanol–water partition coefficient (Wildman–Crippen LogP) is 3.07. The number of anilines is 1. The lowest BCUT2D eigenvalue weighted by Gasteiger charge is -2.24. The molecule has 0 unspecified atom stereocenters. The summed E-state index contributed by atoms with van der Waals surface area (Å²) in [6.07, 6.45) is 7.61. The summed E-state index contributed by atoms with van der Waals surface area (Å²) in [4.78, 5) is 29.9. The van der Waals surface area contributed by atoms with Crippen LogP contribution in [0.1, 0.15) is 32.1 Å². The maximum atomic E-state index is 12.3. The van der Waals surface area contributed by atoms with Crippen molar-refractivity contribution in [3.05, 3.63) is 36.9 Å². The Labute approximate surface area is 140 Å². The van der Waals surface area contributed by atoms with Gasteiger partial charge in [0.1, 0.15) is 0 Å². The zero-order valence-electron chi connectivity index (χ0n) is 13.5. The number of nitrogens with one attached hydrogen (secondary N) is 1. The topological polar surface area (TPSA) is 75.4 Å². The van der Waals surface area contributed by atoms with Gasteiger partial charge >= 0.3 is 0 Å². The number of nitrogens with zero attached hydrogens (tertiary/aromatic N) is 2. The number of likely N-dealkylation sites (tertiary alicyclic amines) is 1. The highest BCUT2D eigenvalue weighted by atomic mass is 16.3. The van der Waals surface area contributed by atoms with Crippen molar-refractivity contribution in [2.75, 3.05) is 18.4 Å². The van der Waals surface area contributed by atoms with Crippen molar-refractivity contribution < 1.29 is 14.0 Å². The van der Waals surface area contributed by atoms with Gasteiger partial charge in [0.05, 0.1) is 12.7 Å². The first-order valence-corrected chi connectivity index (χ1v) is 8.29. The van der Waals surface area contributed by atoms with Gasteiger partial charge in [-0.2, -0.15) is 0 Å². The molecule has 1 fully saturated rings. The smallest absolute Gasteiger partial charge is 0.243 e. The van der Waals surface area contributed by atoms with E-state index in [9.17, 15) is 9.59 Å². The van der Waals surface area contributed by atoms with Crippen molar-refractivity contribution in [1.29, 1.82) is 0 Å². The summed E-state index contributed by atoms with van der Waals surface area (Å²) in [6, 6.07) is 7.37. The first kappa shape index (κ1) is 16.2. The predicted molar refractivity (Wildman–Crippen MR) is 90.2 cm³/mol. The zero-order chi connectivity index (χ0) is 16.8. The van der Waals surface area contributed by atoms with Crippen molar-refractivity contribution in [1.82, 2.24) is 9.88 Å². The molecule has 0 bridgehead atoms. The zero-order valence-corrected chi connectivity index (χ0v) is 13.5. The van der Waals surface area contributed by atoms with E-state index in [1.807, 2.05) is 24.3 Å². The number of carbonyl (C=O) groups excluding carboxylic acids is 2. The second-order valence-electron chi connectivity index (χ2n) is 5.97. The normalized spacial score (nSPS) is 15.7. The van der Waals surface area contributed by atoms with Crippen molar-refractivity contribution in [3.8, 4) is 11.3 Å². The van der Waals surface area contributed by atoms with Crippen molar-refractivity contribution in [2.24, 2.45) is 0 Å². The molecule has 1 aromatic carbocycles. The highest BCUT2D eigenvalue weighted by molar-refractivity contribution is 5.95.